The van der Waals surface area contributed by atoms with E-state index in [1.165, 1.54) is 6.42 Å². The van der Waals surface area contributed by atoms with Crippen LogP contribution in [0.3, 0.4) is 0 Å². The van der Waals surface area contributed by atoms with Crippen molar-refractivity contribution < 1.29 is 4.42 Å². The Hall–Kier alpha value is -0.830. The molecule has 0 aliphatic heterocycles. The van der Waals surface area contributed by atoms with Crippen LogP contribution in [0.5, 0.6) is 0 Å². The normalized spacial score (nSPS) is 13.4. The van der Waals surface area contributed by atoms with Gasteiger partial charge in [0.2, 0.25) is 0 Å². The molecule has 1 N–H and O–H groups in total. The standard InChI is InChI=1S/C12H22N2O/c1-5-6-10(4)12-11(14-8-15-12)7-13-9(2)3/h8-10,13H,5-7H2,1-4H3. The van der Waals surface area contributed by atoms with Gasteiger partial charge in [0.15, 0.2) is 6.39 Å². The highest BCUT2D eigenvalue weighted by Gasteiger charge is 2.14. The Balaban J connectivity index is 2.60. The molecule has 1 rings (SSSR count). The van der Waals surface area contributed by atoms with Crippen LogP contribution in [0.2, 0.25) is 0 Å². The van der Waals surface area contributed by atoms with Crippen molar-refractivity contribution >= 4 is 0 Å². The Bertz CT molecular complexity index is 281. The van der Waals surface area contributed by atoms with Gasteiger partial charge in [0.05, 0.1) is 5.69 Å². The molecule has 0 saturated carbocycles. The van der Waals surface area contributed by atoms with Gasteiger partial charge in [0, 0.05) is 18.5 Å². The number of hydrogen-bond donors (Lipinski definition) is 1. The number of nitrogens with zero attached hydrogens (tertiary/aromatic N) is 1. The fraction of sp³-hybridized carbons (Fsp3) is 0.750. The third-order valence-corrected chi connectivity index (χ3v) is 2.52. The molecule has 3 heteroatoms. The van der Waals surface area contributed by atoms with Crippen molar-refractivity contribution in [1.82, 2.24) is 10.3 Å². The van der Waals surface area contributed by atoms with Crippen molar-refractivity contribution in [2.24, 2.45) is 0 Å². The van der Waals surface area contributed by atoms with Gasteiger partial charge in [-0.2, -0.15) is 0 Å². The molecule has 0 fully saturated rings. The first kappa shape index (κ1) is 12.2. The summed E-state index contributed by atoms with van der Waals surface area (Å²) in [7, 11) is 0. The first-order chi connectivity index (χ1) is 7.15. The van der Waals surface area contributed by atoms with Crippen LogP contribution in [0.1, 0.15) is 57.9 Å². The SMILES string of the molecule is CCCC(C)c1ocnc1CNC(C)C. The Kier molecular flexibility index (Phi) is 4.82. The average Bonchev–Trinajstić information content (AvgIpc) is 2.62. The predicted molar refractivity (Wildman–Crippen MR) is 61.8 cm³/mol. The maximum absolute atomic E-state index is 5.46. The summed E-state index contributed by atoms with van der Waals surface area (Å²) in [5.74, 6) is 1.52. The highest BCUT2D eigenvalue weighted by Crippen LogP contribution is 2.23. The van der Waals surface area contributed by atoms with Crippen molar-refractivity contribution in [2.45, 2.75) is 59.0 Å². The highest BCUT2D eigenvalue weighted by atomic mass is 16.3. The number of aromatic nitrogens is 1. The van der Waals surface area contributed by atoms with Crippen LogP contribution in [0, 0.1) is 0 Å². The van der Waals surface area contributed by atoms with Crippen LogP contribution in [-0.4, -0.2) is 11.0 Å². The molecule has 0 amide bonds. The van der Waals surface area contributed by atoms with E-state index in [9.17, 15) is 0 Å². The molecule has 1 unspecified atom stereocenters. The zero-order valence-electron chi connectivity index (χ0n) is 10.2. The lowest BCUT2D eigenvalue weighted by molar-refractivity contribution is 0.449. The van der Waals surface area contributed by atoms with Crippen LogP contribution < -0.4 is 5.32 Å². The second-order valence-corrected chi connectivity index (χ2v) is 4.39. The maximum Gasteiger partial charge on any atom is 0.181 e. The van der Waals surface area contributed by atoms with Crippen LogP contribution in [0.4, 0.5) is 0 Å². The largest absolute Gasteiger partial charge is 0.448 e. The summed E-state index contributed by atoms with van der Waals surface area (Å²) in [6.07, 6.45) is 3.89. The summed E-state index contributed by atoms with van der Waals surface area (Å²) >= 11 is 0. The summed E-state index contributed by atoms with van der Waals surface area (Å²) in [5.41, 5.74) is 1.06. The summed E-state index contributed by atoms with van der Waals surface area (Å²) in [6.45, 7) is 9.46. The zero-order chi connectivity index (χ0) is 11.3. The number of rotatable bonds is 6. The summed E-state index contributed by atoms with van der Waals surface area (Å²) < 4.78 is 5.46. The summed E-state index contributed by atoms with van der Waals surface area (Å²) in [4.78, 5) is 4.26. The first-order valence-corrected chi connectivity index (χ1v) is 5.80. The lowest BCUT2D eigenvalue weighted by Crippen LogP contribution is -2.22. The molecule has 15 heavy (non-hydrogen) atoms. The average molecular weight is 210 g/mol. The van der Waals surface area contributed by atoms with Gasteiger partial charge in [-0.1, -0.05) is 34.1 Å². The van der Waals surface area contributed by atoms with Crippen molar-refractivity contribution in [3.8, 4) is 0 Å². The van der Waals surface area contributed by atoms with E-state index in [4.69, 9.17) is 4.42 Å². The van der Waals surface area contributed by atoms with Crippen LogP contribution in [-0.2, 0) is 6.54 Å². The minimum atomic E-state index is 0.474. The lowest BCUT2D eigenvalue weighted by Gasteiger charge is -2.10. The van der Waals surface area contributed by atoms with Crippen molar-refractivity contribution in [1.29, 1.82) is 0 Å². The first-order valence-electron chi connectivity index (χ1n) is 5.80. The third kappa shape index (κ3) is 3.67. The molecule has 0 aliphatic rings. The van der Waals surface area contributed by atoms with Gasteiger partial charge in [-0.05, 0) is 6.42 Å². The number of oxazole rings is 1. The van der Waals surface area contributed by atoms with Crippen molar-refractivity contribution in [3.63, 3.8) is 0 Å². The molecule has 0 radical (unpaired) electrons. The van der Waals surface area contributed by atoms with E-state index in [1.54, 1.807) is 6.39 Å². The van der Waals surface area contributed by atoms with Gasteiger partial charge >= 0.3 is 0 Å². The predicted octanol–water partition coefficient (Wildman–Crippen LogP) is 3.08. The van der Waals surface area contributed by atoms with E-state index >= 15 is 0 Å². The van der Waals surface area contributed by atoms with E-state index in [2.05, 4.69) is 38.0 Å². The van der Waals surface area contributed by atoms with Gasteiger partial charge in [0.25, 0.3) is 0 Å². The smallest absolute Gasteiger partial charge is 0.181 e. The van der Waals surface area contributed by atoms with E-state index < -0.39 is 0 Å². The van der Waals surface area contributed by atoms with E-state index in [1.807, 2.05) is 0 Å². The Morgan fingerprint density at radius 1 is 1.40 bits per heavy atom. The monoisotopic (exact) mass is 210 g/mol. The van der Waals surface area contributed by atoms with Crippen LogP contribution in [0.25, 0.3) is 0 Å². The van der Waals surface area contributed by atoms with Crippen molar-refractivity contribution in [2.75, 3.05) is 0 Å². The summed E-state index contributed by atoms with van der Waals surface area (Å²) in [5, 5.41) is 3.36. The van der Waals surface area contributed by atoms with Gasteiger partial charge < -0.3 is 9.73 Å². The topological polar surface area (TPSA) is 38.1 Å². The second-order valence-electron chi connectivity index (χ2n) is 4.39. The molecule has 0 aliphatic carbocycles. The number of hydrogen-bond acceptors (Lipinski definition) is 3. The molecular formula is C12H22N2O. The van der Waals surface area contributed by atoms with E-state index in [0.29, 0.717) is 12.0 Å². The minimum absolute atomic E-state index is 0.474. The quantitative estimate of drug-likeness (QED) is 0.784. The molecule has 0 saturated heterocycles. The molecule has 0 spiro atoms. The van der Waals surface area contributed by atoms with E-state index in [0.717, 1.165) is 24.4 Å². The van der Waals surface area contributed by atoms with Gasteiger partial charge in [-0.3, -0.25) is 0 Å². The van der Waals surface area contributed by atoms with E-state index in [-0.39, 0.29) is 0 Å². The molecule has 1 heterocycles. The van der Waals surface area contributed by atoms with Gasteiger partial charge in [-0.25, -0.2) is 4.98 Å². The minimum Gasteiger partial charge on any atom is -0.448 e. The Morgan fingerprint density at radius 2 is 2.13 bits per heavy atom. The van der Waals surface area contributed by atoms with Crippen LogP contribution in [0.15, 0.2) is 10.8 Å². The fourth-order valence-corrected chi connectivity index (χ4v) is 1.68. The molecular weight excluding hydrogens is 188 g/mol. The Morgan fingerprint density at radius 3 is 2.73 bits per heavy atom. The highest BCUT2D eigenvalue weighted by molar-refractivity contribution is 5.11. The molecule has 0 aromatic carbocycles. The lowest BCUT2D eigenvalue weighted by atomic mass is 10.0. The molecule has 1 aromatic heterocycles. The Labute approximate surface area is 92.3 Å². The van der Waals surface area contributed by atoms with Gasteiger partial charge in [-0.15, -0.1) is 0 Å². The maximum atomic E-state index is 5.46. The second kappa shape index (κ2) is 5.91. The zero-order valence-corrected chi connectivity index (χ0v) is 10.2. The molecule has 86 valence electrons. The summed E-state index contributed by atoms with van der Waals surface area (Å²) in [6, 6.07) is 0.482. The fourth-order valence-electron chi connectivity index (χ4n) is 1.68. The van der Waals surface area contributed by atoms with Crippen molar-refractivity contribution in [3.05, 3.63) is 17.8 Å². The molecule has 0 bridgehead atoms. The molecule has 1 atom stereocenters. The van der Waals surface area contributed by atoms with Crippen LogP contribution >= 0.6 is 0 Å². The number of nitrogens with one attached hydrogen (secondary N) is 1. The molecule has 1 aromatic rings. The third-order valence-electron chi connectivity index (χ3n) is 2.52. The van der Waals surface area contributed by atoms with Gasteiger partial charge in [0.1, 0.15) is 5.76 Å². The molecule has 3 nitrogen and oxygen atoms in total.